The van der Waals surface area contributed by atoms with Gasteiger partial charge in [0.05, 0.1) is 5.69 Å². The molecule has 0 saturated heterocycles. The summed E-state index contributed by atoms with van der Waals surface area (Å²) in [4.78, 5) is 9.25. The third kappa shape index (κ3) is 2.70. The highest BCUT2D eigenvalue weighted by Crippen LogP contribution is 2.27. The molecule has 5 heteroatoms. The van der Waals surface area contributed by atoms with Gasteiger partial charge in [-0.15, -0.1) is 0 Å². The molecule has 0 fully saturated rings. The first-order chi connectivity index (χ1) is 10.6. The third-order valence-corrected chi connectivity index (χ3v) is 4.03. The van der Waals surface area contributed by atoms with Crippen LogP contribution in [0.2, 0.25) is 5.02 Å². The number of dihydropyridines is 1. The average Bonchev–Trinajstić information content (AvgIpc) is 2.51. The van der Waals surface area contributed by atoms with E-state index in [9.17, 15) is 0 Å². The molecule has 2 aliphatic heterocycles. The van der Waals surface area contributed by atoms with Crippen molar-refractivity contribution in [3.63, 3.8) is 0 Å². The Morgan fingerprint density at radius 3 is 2.95 bits per heavy atom. The molecule has 3 rings (SSSR count). The second-order valence-electron chi connectivity index (χ2n) is 5.22. The van der Waals surface area contributed by atoms with E-state index in [2.05, 4.69) is 22.2 Å². The first-order valence-electron chi connectivity index (χ1n) is 7.05. The second kappa shape index (κ2) is 5.81. The Kier molecular flexibility index (Phi) is 3.86. The van der Waals surface area contributed by atoms with Crippen LogP contribution >= 0.6 is 11.6 Å². The van der Waals surface area contributed by atoms with Gasteiger partial charge in [-0.25, -0.2) is 9.98 Å². The third-order valence-electron chi connectivity index (χ3n) is 3.63. The van der Waals surface area contributed by atoms with Crippen LogP contribution in [0.15, 0.2) is 64.4 Å². The highest BCUT2D eigenvalue weighted by Gasteiger charge is 2.27. The van der Waals surface area contributed by atoms with E-state index >= 15 is 0 Å². The molecule has 4 nitrogen and oxygen atoms in total. The molecule has 0 amide bonds. The van der Waals surface area contributed by atoms with Crippen LogP contribution < -0.4 is 10.6 Å². The molecule has 1 aromatic carbocycles. The molecule has 0 bridgehead atoms. The molecule has 0 aliphatic carbocycles. The maximum absolute atomic E-state index is 6.17. The number of rotatable bonds is 2. The molecule has 2 aliphatic rings. The van der Waals surface area contributed by atoms with Gasteiger partial charge in [0.15, 0.2) is 5.84 Å². The van der Waals surface area contributed by atoms with E-state index in [-0.39, 0.29) is 6.04 Å². The number of fused-ring (bicyclic) bond motifs is 1. The summed E-state index contributed by atoms with van der Waals surface area (Å²) < 4.78 is 0. The molecular formula is C17H17ClN4. The van der Waals surface area contributed by atoms with E-state index in [0.29, 0.717) is 10.9 Å². The van der Waals surface area contributed by atoms with Crippen molar-refractivity contribution >= 4 is 29.0 Å². The summed E-state index contributed by atoms with van der Waals surface area (Å²) in [6.45, 7) is 7.67. The predicted molar refractivity (Wildman–Crippen MR) is 92.8 cm³/mol. The van der Waals surface area contributed by atoms with Crippen molar-refractivity contribution in [3.8, 4) is 0 Å². The monoisotopic (exact) mass is 312 g/mol. The van der Waals surface area contributed by atoms with Crippen LogP contribution in [0.25, 0.3) is 0 Å². The van der Waals surface area contributed by atoms with Crippen LogP contribution in [0, 0.1) is 6.92 Å². The lowest BCUT2D eigenvalue weighted by Gasteiger charge is -2.29. The van der Waals surface area contributed by atoms with E-state index < -0.39 is 0 Å². The van der Waals surface area contributed by atoms with Crippen LogP contribution in [0.5, 0.6) is 0 Å². The lowest BCUT2D eigenvalue weighted by molar-refractivity contribution is 0.752. The number of halogens is 1. The number of amidine groups is 2. The smallest absolute Gasteiger partial charge is 0.159 e. The molecule has 22 heavy (non-hydrogen) atoms. The molecule has 0 aromatic heterocycles. The minimum atomic E-state index is -0.0919. The second-order valence-corrected chi connectivity index (χ2v) is 5.63. The number of nitrogens with zero attached hydrogens (tertiary/aromatic N) is 2. The number of nitrogens with one attached hydrogen (secondary N) is 2. The molecule has 1 atom stereocenters. The van der Waals surface area contributed by atoms with E-state index in [1.54, 1.807) is 6.08 Å². The first-order valence-corrected chi connectivity index (χ1v) is 7.42. The van der Waals surface area contributed by atoms with E-state index in [4.69, 9.17) is 16.6 Å². The Labute approximate surface area is 135 Å². The standard InChI is InChI=1S/C17H17ClN4/c1-4-12-8-15-16(19-9-12)17(21-11(3)20-15)22-14-7-5-6-13(18)10(14)2/h4-9,16,19H,1H2,2-3H3,(H,20,21,22). The normalized spacial score (nSPS) is 21.9. The summed E-state index contributed by atoms with van der Waals surface area (Å²) in [7, 11) is 0. The van der Waals surface area contributed by atoms with Crippen molar-refractivity contribution in [1.82, 2.24) is 10.6 Å². The molecule has 0 saturated carbocycles. The van der Waals surface area contributed by atoms with Gasteiger partial charge in [0.25, 0.3) is 0 Å². The van der Waals surface area contributed by atoms with E-state index in [1.165, 1.54) is 0 Å². The quantitative estimate of drug-likeness (QED) is 0.876. The molecule has 0 spiro atoms. The Bertz CT molecular complexity index is 756. The fourth-order valence-corrected chi connectivity index (χ4v) is 2.59. The lowest BCUT2D eigenvalue weighted by Crippen LogP contribution is -2.47. The average molecular weight is 313 g/mol. The SMILES string of the molecule is C=CC1=CNC2C(=C1)NC(C)=NC2=Nc1cccc(Cl)c1C. The van der Waals surface area contributed by atoms with Crippen LogP contribution in [-0.2, 0) is 0 Å². The highest BCUT2D eigenvalue weighted by atomic mass is 35.5. The maximum atomic E-state index is 6.17. The van der Waals surface area contributed by atoms with Crippen LogP contribution in [-0.4, -0.2) is 17.7 Å². The highest BCUT2D eigenvalue weighted by molar-refractivity contribution is 6.31. The zero-order valence-electron chi connectivity index (χ0n) is 12.5. The zero-order valence-corrected chi connectivity index (χ0v) is 13.3. The van der Waals surface area contributed by atoms with Gasteiger partial charge >= 0.3 is 0 Å². The fourth-order valence-electron chi connectivity index (χ4n) is 2.42. The van der Waals surface area contributed by atoms with Gasteiger partial charge in [-0.1, -0.05) is 30.3 Å². The fraction of sp³-hybridized carbons (Fsp3) is 0.176. The van der Waals surface area contributed by atoms with Crippen molar-refractivity contribution in [2.24, 2.45) is 9.98 Å². The molecule has 1 aromatic rings. The zero-order chi connectivity index (χ0) is 15.7. The summed E-state index contributed by atoms with van der Waals surface area (Å²) in [5.41, 5.74) is 3.82. The van der Waals surface area contributed by atoms with Gasteiger partial charge in [-0.05, 0) is 43.2 Å². The summed E-state index contributed by atoms with van der Waals surface area (Å²) in [5.74, 6) is 1.53. The van der Waals surface area contributed by atoms with E-state index in [1.807, 2.05) is 44.3 Å². The molecule has 0 radical (unpaired) electrons. The van der Waals surface area contributed by atoms with Crippen LogP contribution in [0.1, 0.15) is 12.5 Å². The summed E-state index contributed by atoms with van der Waals surface area (Å²) >= 11 is 6.17. The number of aliphatic imine (C=N–C) groups is 2. The number of hydrogen-bond acceptors (Lipinski definition) is 3. The Morgan fingerprint density at radius 1 is 1.36 bits per heavy atom. The van der Waals surface area contributed by atoms with Crippen molar-refractivity contribution < 1.29 is 0 Å². The number of allylic oxidation sites excluding steroid dienone is 3. The van der Waals surface area contributed by atoms with Gasteiger partial charge in [-0.3, -0.25) is 0 Å². The van der Waals surface area contributed by atoms with Crippen molar-refractivity contribution in [2.45, 2.75) is 19.9 Å². The topological polar surface area (TPSA) is 48.8 Å². The van der Waals surface area contributed by atoms with Crippen LogP contribution in [0.4, 0.5) is 5.69 Å². The summed E-state index contributed by atoms with van der Waals surface area (Å²) in [6, 6.07) is 5.61. The molecule has 2 N–H and O–H groups in total. The summed E-state index contributed by atoms with van der Waals surface area (Å²) in [6.07, 6.45) is 5.77. The van der Waals surface area contributed by atoms with Gasteiger partial charge < -0.3 is 10.6 Å². The van der Waals surface area contributed by atoms with Crippen molar-refractivity contribution in [2.75, 3.05) is 0 Å². The number of hydrogen-bond donors (Lipinski definition) is 2. The Morgan fingerprint density at radius 2 is 2.18 bits per heavy atom. The first kappa shape index (κ1) is 14.6. The number of benzene rings is 1. The van der Waals surface area contributed by atoms with Gasteiger partial charge in [0.1, 0.15) is 11.9 Å². The maximum Gasteiger partial charge on any atom is 0.159 e. The van der Waals surface area contributed by atoms with Gasteiger partial charge in [-0.2, -0.15) is 0 Å². The van der Waals surface area contributed by atoms with Crippen molar-refractivity contribution in [3.05, 3.63) is 65.0 Å². The largest absolute Gasteiger partial charge is 0.376 e. The van der Waals surface area contributed by atoms with Gasteiger partial charge in [0, 0.05) is 16.9 Å². The lowest BCUT2D eigenvalue weighted by atomic mass is 10.0. The van der Waals surface area contributed by atoms with E-state index in [0.717, 1.165) is 28.4 Å². The Hall–Kier alpha value is -2.33. The van der Waals surface area contributed by atoms with Crippen molar-refractivity contribution in [1.29, 1.82) is 0 Å². The molecular weight excluding hydrogens is 296 g/mol. The minimum absolute atomic E-state index is 0.0919. The predicted octanol–water partition coefficient (Wildman–Crippen LogP) is 3.63. The van der Waals surface area contributed by atoms with Gasteiger partial charge in [0.2, 0.25) is 0 Å². The minimum Gasteiger partial charge on any atom is -0.376 e. The van der Waals surface area contributed by atoms with Crippen LogP contribution in [0.3, 0.4) is 0 Å². The molecule has 112 valence electrons. The molecule has 2 heterocycles. The Balaban J connectivity index is 2.03. The molecule has 1 unspecified atom stereocenters. The summed E-state index contributed by atoms with van der Waals surface area (Å²) in [5, 5.41) is 7.30.